The molecular weight excluding hydrogens is 346 g/mol. The molecule has 1 atom stereocenters. The van der Waals surface area contributed by atoms with Crippen LogP contribution in [0.15, 0.2) is 4.79 Å². The summed E-state index contributed by atoms with van der Waals surface area (Å²) < 4.78 is 19.7. The highest BCUT2D eigenvalue weighted by molar-refractivity contribution is 6.30. The molecule has 0 amide bonds. The molecule has 1 saturated heterocycles. The molecule has 9 heteroatoms. The number of fused-ring (bicyclic) bond motifs is 1. The van der Waals surface area contributed by atoms with Crippen LogP contribution in [0.4, 0.5) is 4.39 Å². The third-order valence-electron chi connectivity index (χ3n) is 3.78. The molecule has 1 aliphatic heterocycles. The number of rotatable bonds is 3. The van der Waals surface area contributed by atoms with Crippen LogP contribution in [0.2, 0.25) is 10.4 Å². The number of pyridine rings is 1. The fraction of sp³-hybridized carbons (Fsp3) is 0.500. The van der Waals surface area contributed by atoms with Crippen LogP contribution in [0, 0.1) is 5.82 Å². The normalized spacial score (nSPS) is 18.8. The average Bonchev–Trinajstić information content (AvgIpc) is 2.78. The molecule has 3 heterocycles. The average molecular weight is 361 g/mol. The molecule has 0 aliphatic carbocycles. The highest BCUT2D eigenvalue weighted by atomic mass is 35.5. The number of H-pyrrole nitrogens is 1. The van der Waals surface area contributed by atoms with Crippen molar-refractivity contribution in [2.45, 2.75) is 31.7 Å². The molecule has 0 bridgehead atoms. The Hall–Kier alpha value is -1.44. The standard InChI is InChI=1S/C14H15Cl2FN4O2/c15-11-9(17)10-8(12(22)21-14(16)19-10)13(20-11)23-6-7-4-2-1-3-5-18-7/h7,18H,1-6H2,(H,19,21,22)/t7-/m0/s1. The molecular formula is C14H15Cl2FN4O2. The summed E-state index contributed by atoms with van der Waals surface area (Å²) in [6, 6.07) is 0.150. The minimum atomic E-state index is -0.894. The Morgan fingerprint density at radius 3 is 2.91 bits per heavy atom. The van der Waals surface area contributed by atoms with Crippen LogP contribution in [0.5, 0.6) is 5.88 Å². The number of nitrogens with zero attached hydrogens (tertiary/aromatic N) is 2. The quantitative estimate of drug-likeness (QED) is 0.649. The van der Waals surface area contributed by atoms with Crippen LogP contribution in [0.3, 0.4) is 0 Å². The van der Waals surface area contributed by atoms with E-state index in [1.165, 1.54) is 6.42 Å². The van der Waals surface area contributed by atoms with Gasteiger partial charge in [0.2, 0.25) is 11.2 Å². The Labute approximate surface area is 141 Å². The van der Waals surface area contributed by atoms with Crippen molar-refractivity contribution >= 4 is 34.1 Å². The van der Waals surface area contributed by atoms with Crippen LogP contribution in [0.25, 0.3) is 10.9 Å². The van der Waals surface area contributed by atoms with Gasteiger partial charge in [-0.05, 0) is 31.0 Å². The number of halogens is 3. The van der Waals surface area contributed by atoms with Gasteiger partial charge < -0.3 is 10.1 Å². The third-order valence-corrected chi connectivity index (χ3v) is 4.21. The number of ether oxygens (including phenoxy) is 1. The van der Waals surface area contributed by atoms with Crippen molar-refractivity contribution in [2.75, 3.05) is 13.2 Å². The Balaban J connectivity index is 1.94. The van der Waals surface area contributed by atoms with E-state index in [2.05, 4.69) is 20.3 Å². The maximum Gasteiger partial charge on any atom is 0.265 e. The van der Waals surface area contributed by atoms with Gasteiger partial charge in [-0.2, -0.15) is 4.98 Å². The molecule has 23 heavy (non-hydrogen) atoms. The first-order valence-corrected chi connectivity index (χ1v) is 8.12. The molecule has 3 rings (SSSR count). The lowest BCUT2D eigenvalue weighted by atomic mass is 10.1. The number of hydrogen-bond acceptors (Lipinski definition) is 5. The largest absolute Gasteiger partial charge is 0.475 e. The topological polar surface area (TPSA) is 79.9 Å². The summed E-state index contributed by atoms with van der Waals surface area (Å²) in [7, 11) is 0. The molecule has 1 aliphatic rings. The second-order valence-corrected chi connectivity index (χ2v) is 6.13. The maximum absolute atomic E-state index is 14.1. The van der Waals surface area contributed by atoms with E-state index in [9.17, 15) is 9.18 Å². The zero-order valence-corrected chi connectivity index (χ0v) is 13.7. The van der Waals surface area contributed by atoms with Gasteiger partial charge in [-0.15, -0.1) is 0 Å². The van der Waals surface area contributed by atoms with Crippen molar-refractivity contribution < 1.29 is 9.13 Å². The maximum atomic E-state index is 14.1. The fourth-order valence-electron chi connectivity index (χ4n) is 2.62. The lowest BCUT2D eigenvalue weighted by molar-refractivity contribution is 0.255. The van der Waals surface area contributed by atoms with E-state index in [1.807, 2.05) is 0 Å². The highest BCUT2D eigenvalue weighted by Crippen LogP contribution is 2.27. The lowest BCUT2D eigenvalue weighted by Crippen LogP contribution is -2.34. The van der Waals surface area contributed by atoms with Gasteiger partial charge in [0.15, 0.2) is 11.0 Å². The van der Waals surface area contributed by atoms with E-state index < -0.39 is 16.5 Å². The van der Waals surface area contributed by atoms with Gasteiger partial charge in [-0.25, -0.2) is 9.37 Å². The van der Waals surface area contributed by atoms with Gasteiger partial charge in [-0.1, -0.05) is 24.4 Å². The number of aromatic nitrogens is 3. The van der Waals surface area contributed by atoms with E-state index in [-0.39, 0.29) is 28.1 Å². The molecule has 2 N–H and O–H groups in total. The first kappa shape index (κ1) is 16.4. The number of nitrogens with one attached hydrogen (secondary N) is 2. The monoisotopic (exact) mass is 360 g/mol. The summed E-state index contributed by atoms with van der Waals surface area (Å²) in [6.45, 7) is 1.23. The van der Waals surface area contributed by atoms with E-state index in [0.717, 1.165) is 25.8 Å². The summed E-state index contributed by atoms with van der Waals surface area (Å²) >= 11 is 11.4. The van der Waals surface area contributed by atoms with Crippen LogP contribution in [-0.4, -0.2) is 34.1 Å². The van der Waals surface area contributed by atoms with Crippen LogP contribution in [-0.2, 0) is 0 Å². The van der Waals surface area contributed by atoms with E-state index in [1.54, 1.807) is 0 Å². The Morgan fingerprint density at radius 2 is 2.09 bits per heavy atom. The van der Waals surface area contributed by atoms with Crippen LogP contribution in [0.1, 0.15) is 25.7 Å². The van der Waals surface area contributed by atoms with Crippen molar-refractivity contribution in [3.8, 4) is 5.88 Å². The SMILES string of the molecule is O=c1[nH]c(Cl)nc2c(F)c(Cl)nc(OC[C@@H]3CCCCCN3)c12. The molecule has 0 spiro atoms. The Morgan fingerprint density at radius 1 is 1.26 bits per heavy atom. The first-order valence-electron chi connectivity index (χ1n) is 7.37. The smallest absolute Gasteiger partial charge is 0.265 e. The van der Waals surface area contributed by atoms with Crippen molar-refractivity contribution in [3.05, 3.63) is 26.6 Å². The first-order chi connectivity index (χ1) is 11.1. The van der Waals surface area contributed by atoms with E-state index in [0.29, 0.717) is 6.61 Å². The minimum Gasteiger partial charge on any atom is -0.475 e. The summed E-state index contributed by atoms with van der Waals surface area (Å²) in [5.74, 6) is -0.933. The Kier molecular flexibility index (Phi) is 4.99. The van der Waals surface area contributed by atoms with Gasteiger partial charge in [0.1, 0.15) is 17.5 Å². The zero-order chi connectivity index (χ0) is 16.4. The van der Waals surface area contributed by atoms with Crippen molar-refractivity contribution in [3.63, 3.8) is 0 Å². The van der Waals surface area contributed by atoms with E-state index >= 15 is 0 Å². The molecule has 0 aromatic carbocycles. The van der Waals surface area contributed by atoms with Crippen molar-refractivity contribution in [1.29, 1.82) is 0 Å². The summed E-state index contributed by atoms with van der Waals surface area (Å²) in [6.07, 6.45) is 4.38. The second kappa shape index (κ2) is 6.98. The lowest BCUT2D eigenvalue weighted by Gasteiger charge is -2.17. The summed E-state index contributed by atoms with van der Waals surface area (Å²) in [5, 5.41) is 2.65. The highest BCUT2D eigenvalue weighted by Gasteiger charge is 2.20. The molecule has 0 saturated carbocycles. The molecule has 2 aromatic heterocycles. The predicted octanol–water partition coefficient (Wildman–Crippen LogP) is 2.67. The minimum absolute atomic E-state index is 0.0390. The molecule has 2 aromatic rings. The molecule has 6 nitrogen and oxygen atoms in total. The summed E-state index contributed by atoms with van der Waals surface area (Å²) in [5.41, 5.74) is -0.866. The van der Waals surface area contributed by atoms with Crippen molar-refractivity contribution in [2.24, 2.45) is 0 Å². The van der Waals surface area contributed by atoms with Gasteiger partial charge >= 0.3 is 0 Å². The number of aromatic amines is 1. The third kappa shape index (κ3) is 3.57. The van der Waals surface area contributed by atoms with Gasteiger partial charge in [-0.3, -0.25) is 9.78 Å². The van der Waals surface area contributed by atoms with Gasteiger partial charge in [0, 0.05) is 6.04 Å². The molecule has 0 radical (unpaired) electrons. The zero-order valence-electron chi connectivity index (χ0n) is 12.2. The van der Waals surface area contributed by atoms with Crippen LogP contribution >= 0.6 is 23.2 Å². The van der Waals surface area contributed by atoms with Gasteiger partial charge in [0.05, 0.1) is 0 Å². The predicted molar refractivity (Wildman–Crippen MR) is 85.9 cm³/mol. The fourth-order valence-corrected chi connectivity index (χ4v) is 2.96. The van der Waals surface area contributed by atoms with Gasteiger partial charge in [0.25, 0.3) is 5.56 Å². The van der Waals surface area contributed by atoms with E-state index in [4.69, 9.17) is 27.9 Å². The summed E-state index contributed by atoms with van der Waals surface area (Å²) in [4.78, 5) is 22.0. The molecule has 0 unspecified atom stereocenters. The van der Waals surface area contributed by atoms with Crippen molar-refractivity contribution in [1.82, 2.24) is 20.3 Å². The number of hydrogen-bond donors (Lipinski definition) is 2. The second-order valence-electron chi connectivity index (χ2n) is 5.41. The molecule has 124 valence electrons. The van der Waals surface area contributed by atoms with Crippen LogP contribution < -0.4 is 15.6 Å². The Bertz CT molecular complexity index is 775. The molecule has 1 fully saturated rings.